The second kappa shape index (κ2) is 7.06. The third-order valence-electron chi connectivity index (χ3n) is 4.30. The lowest BCUT2D eigenvalue weighted by Crippen LogP contribution is -2.32. The van der Waals surface area contributed by atoms with Crippen LogP contribution in [0.15, 0.2) is 36.7 Å². The number of benzene rings is 1. The zero-order valence-electron chi connectivity index (χ0n) is 13.6. The van der Waals surface area contributed by atoms with Gasteiger partial charge in [-0.2, -0.15) is 4.98 Å². The molecule has 1 unspecified atom stereocenters. The molecule has 1 aliphatic rings. The zero-order valence-corrected chi connectivity index (χ0v) is 14.4. The van der Waals surface area contributed by atoms with E-state index in [4.69, 9.17) is 5.73 Å². The number of fused-ring (bicyclic) bond motifs is 2. The molecule has 4 rings (SSSR count). The second-order valence-electron chi connectivity index (χ2n) is 6.04. The van der Waals surface area contributed by atoms with Crippen LogP contribution in [0, 0.1) is 0 Å². The van der Waals surface area contributed by atoms with E-state index in [2.05, 4.69) is 20.4 Å². The molecule has 0 aliphatic heterocycles. The topological polar surface area (TPSA) is 98.2 Å². The lowest BCUT2D eigenvalue weighted by atomic mass is 9.87. The minimum absolute atomic E-state index is 0. The Balaban J connectivity index is 0.00000182. The molecule has 2 aromatic heterocycles. The molecule has 0 radical (unpaired) electrons. The third kappa shape index (κ3) is 3.56. The number of halogens is 1. The number of nitrogens with two attached hydrogens (primary N) is 1. The fourth-order valence-corrected chi connectivity index (χ4v) is 3.22. The Morgan fingerprint density at radius 2 is 2.28 bits per heavy atom. The SMILES string of the molecule is Cl.Nc1ccc2c(c1)CCCC2NC(=O)Cc1nc2ncccn2n1. The van der Waals surface area contributed by atoms with Crippen molar-refractivity contribution in [3.8, 4) is 0 Å². The fraction of sp³-hybridized carbons (Fsp3) is 0.294. The van der Waals surface area contributed by atoms with Gasteiger partial charge in [-0.3, -0.25) is 4.79 Å². The molecule has 25 heavy (non-hydrogen) atoms. The molecular weight excluding hydrogens is 340 g/mol. The van der Waals surface area contributed by atoms with Gasteiger partial charge in [0.2, 0.25) is 5.91 Å². The van der Waals surface area contributed by atoms with Crippen molar-refractivity contribution in [3.63, 3.8) is 0 Å². The Morgan fingerprint density at radius 1 is 1.40 bits per heavy atom. The normalized spacial score (nSPS) is 16.1. The van der Waals surface area contributed by atoms with Crippen molar-refractivity contribution in [2.45, 2.75) is 31.7 Å². The first-order valence-corrected chi connectivity index (χ1v) is 8.03. The van der Waals surface area contributed by atoms with Crippen LogP contribution in [0.3, 0.4) is 0 Å². The van der Waals surface area contributed by atoms with Crippen LogP contribution >= 0.6 is 12.4 Å². The number of hydrogen-bond acceptors (Lipinski definition) is 5. The van der Waals surface area contributed by atoms with E-state index in [1.54, 1.807) is 23.0 Å². The van der Waals surface area contributed by atoms with Crippen LogP contribution in [0.1, 0.15) is 35.8 Å². The molecule has 0 saturated carbocycles. The highest BCUT2D eigenvalue weighted by Gasteiger charge is 2.22. The second-order valence-corrected chi connectivity index (χ2v) is 6.04. The van der Waals surface area contributed by atoms with Crippen LogP contribution in [0.2, 0.25) is 0 Å². The average molecular weight is 359 g/mol. The highest BCUT2D eigenvalue weighted by atomic mass is 35.5. The van der Waals surface area contributed by atoms with E-state index in [0.717, 1.165) is 30.5 Å². The van der Waals surface area contributed by atoms with Gasteiger partial charge in [0.1, 0.15) is 0 Å². The first-order chi connectivity index (χ1) is 11.7. The van der Waals surface area contributed by atoms with Gasteiger partial charge in [0.15, 0.2) is 5.82 Å². The number of nitrogen functional groups attached to an aromatic ring is 1. The number of nitrogens with zero attached hydrogens (tertiary/aromatic N) is 4. The van der Waals surface area contributed by atoms with Gasteiger partial charge in [-0.05, 0) is 48.6 Å². The Morgan fingerprint density at radius 3 is 3.12 bits per heavy atom. The molecule has 1 atom stereocenters. The van der Waals surface area contributed by atoms with Gasteiger partial charge in [-0.25, -0.2) is 9.50 Å². The van der Waals surface area contributed by atoms with Gasteiger partial charge in [0, 0.05) is 18.1 Å². The Bertz CT molecular complexity index is 876. The fourth-order valence-electron chi connectivity index (χ4n) is 3.22. The molecule has 3 aromatic rings. The van der Waals surface area contributed by atoms with Crippen molar-refractivity contribution >= 4 is 29.8 Å². The molecule has 3 N–H and O–H groups in total. The quantitative estimate of drug-likeness (QED) is 0.696. The minimum Gasteiger partial charge on any atom is -0.399 e. The molecule has 7 nitrogen and oxygen atoms in total. The Kier molecular flexibility index (Phi) is 4.85. The van der Waals surface area contributed by atoms with Crippen molar-refractivity contribution in [2.24, 2.45) is 0 Å². The maximum Gasteiger partial charge on any atom is 0.252 e. The zero-order chi connectivity index (χ0) is 16.5. The molecule has 0 spiro atoms. The van der Waals surface area contributed by atoms with E-state index < -0.39 is 0 Å². The number of nitrogens with one attached hydrogen (secondary N) is 1. The first-order valence-electron chi connectivity index (χ1n) is 8.03. The molecule has 1 amide bonds. The van der Waals surface area contributed by atoms with E-state index in [-0.39, 0.29) is 30.8 Å². The predicted molar refractivity (Wildman–Crippen MR) is 96.4 cm³/mol. The summed E-state index contributed by atoms with van der Waals surface area (Å²) in [6, 6.07) is 7.71. The number of hydrogen-bond donors (Lipinski definition) is 2. The number of anilines is 1. The highest BCUT2D eigenvalue weighted by molar-refractivity contribution is 5.85. The summed E-state index contributed by atoms with van der Waals surface area (Å²) >= 11 is 0. The van der Waals surface area contributed by atoms with Crippen molar-refractivity contribution in [1.82, 2.24) is 24.9 Å². The van der Waals surface area contributed by atoms with Gasteiger partial charge in [-0.15, -0.1) is 17.5 Å². The van der Waals surface area contributed by atoms with Crippen LogP contribution in [0.4, 0.5) is 5.69 Å². The molecule has 0 saturated heterocycles. The maximum atomic E-state index is 12.4. The monoisotopic (exact) mass is 358 g/mol. The highest BCUT2D eigenvalue weighted by Crippen LogP contribution is 2.30. The summed E-state index contributed by atoms with van der Waals surface area (Å²) in [4.78, 5) is 20.8. The van der Waals surface area contributed by atoms with Crippen molar-refractivity contribution in [3.05, 3.63) is 53.6 Å². The molecule has 130 valence electrons. The van der Waals surface area contributed by atoms with Gasteiger partial charge < -0.3 is 11.1 Å². The lowest BCUT2D eigenvalue weighted by Gasteiger charge is -2.26. The van der Waals surface area contributed by atoms with Crippen LogP contribution < -0.4 is 11.1 Å². The van der Waals surface area contributed by atoms with Gasteiger partial charge in [0.25, 0.3) is 5.78 Å². The summed E-state index contributed by atoms with van der Waals surface area (Å²) in [5.74, 6) is 0.888. The van der Waals surface area contributed by atoms with Crippen molar-refractivity contribution < 1.29 is 4.79 Å². The molecule has 1 aliphatic carbocycles. The summed E-state index contributed by atoms with van der Waals surface area (Å²) in [6.07, 6.45) is 6.54. The molecule has 1 aromatic carbocycles. The number of carbonyl (C=O) groups is 1. The molecule has 0 bridgehead atoms. The first kappa shape index (κ1) is 17.2. The van der Waals surface area contributed by atoms with Crippen LogP contribution in [-0.4, -0.2) is 25.5 Å². The molecular formula is C17H19ClN6O. The third-order valence-corrected chi connectivity index (χ3v) is 4.30. The smallest absolute Gasteiger partial charge is 0.252 e. The van der Waals surface area contributed by atoms with E-state index in [9.17, 15) is 4.79 Å². The van der Waals surface area contributed by atoms with Gasteiger partial charge in [0.05, 0.1) is 12.5 Å². The van der Waals surface area contributed by atoms with Crippen LogP contribution in [0.5, 0.6) is 0 Å². The van der Waals surface area contributed by atoms with Crippen LogP contribution in [-0.2, 0) is 17.6 Å². The largest absolute Gasteiger partial charge is 0.399 e. The van der Waals surface area contributed by atoms with E-state index in [1.807, 2.05) is 18.2 Å². The number of amides is 1. The summed E-state index contributed by atoms with van der Waals surface area (Å²) in [5, 5.41) is 7.37. The lowest BCUT2D eigenvalue weighted by molar-refractivity contribution is -0.121. The summed E-state index contributed by atoms with van der Waals surface area (Å²) in [6.45, 7) is 0. The minimum atomic E-state index is -0.0828. The van der Waals surface area contributed by atoms with Gasteiger partial charge in [-0.1, -0.05) is 6.07 Å². The number of carbonyl (C=O) groups excluding carboxylic acids is 1. The maximum absolute atomic E-state index is 12.4. The van der Waals surface area contributed by atoms with E-state index in [1.165, 1.54) is 5.56 Å². The van der Waals surface area contributed by atoms with Crippen molar-refractivity contribution in [2.75, 3.05) is 5.73 Å². The van der Waals surface area contributed by atoms with E-state index >= 15 is 0 Å². The number of aryl methyl sites for hydroxylation is 1. The molecule has 8 heteroatoms. The summed E-state index contributed by atoms with van der Waals surface area (Å²) in [5.41, 5.74) is 9.01. The summed E-state index contributed by atoms with van der Waals surface area (Å²) in [7, 11) is 0. The molecule has 0 fully saturated rings. The molecule has 2 heterocycles. The standard InChI is InChI=1S/C17H18N6O.ClH/c18-12-5-6-13-11(9-12)3-1-4-14(13)20-16(24)10-15-21-17-19-7-2-8-23(17)22-15;/h2,5-9,14H,1,3-4,10,18H2,(H,20,24);1H. The average Bonchev–Trinajstić information content (AvgIpc) is 2.96. The summed E-state index contributed by atoms with van der Waals surface area (Å²) < 4.78 is 1.57. The Hall–Kier alpha value is -2.67. The number of aromatic nitrogens is 4. The van der Waals surface area contributed by atoms with E-state index in [0.29, 0.717) is 11.6 Å². The van der Waals surface area contributed by atoms with Gasteiger partial charge >= 0.3 is 0 Å². The van der Waals surface area contributed by atoms with Crippen LogP contribution in [0.25, 0.3) is 5.78 Å². The van der Waals surface area contributed by atoms with Crippen molar-refractivity contribution in [1.29, 1.82) is 0 Å². The number of rotatable bonds is 3. The predicted octanol–water partition coefficient (Wildman–Crippen LogP) is 1.86. The Labute approximate surface area is 151 Å².